The van der Waals surface area contributed by atoms with E-state index in [4.69, 9.17) is 4.55 Å². The van der Waals surface area contributed by atoms with E-state index in [9.17, 15) is 16.8 Å². The molecule has 86 valence electrons. The van der Waals surface area contributed by atoms with Crippen LogP contribution in [0.3, 0.4) is 0 Å². The highest BCUT2D eigenvalue weighted by atomic mass is 32.3. The Labute approximate surface area is 83.3 Å². The van der Waals surface area contributed by atoms with E-state index in [1.165, 1.54) is 0 Å². The fourth-order valence-electron chi connectivity index (χ4n) is 0.638. The summed E-state index contributed by atoms with van der Waals surface area (Å²) in [5.74, 6) is 0. The molecule has 0 fully saturated rings. The summed E-state index contributed by atoms with van der Waals surface area (Å²) in [7, 11) is -9.70. The van der Waals surface area contributed by atoms with Gasteiger partial charge in [-0.1, -0.05) is 19.8 Å². The third kappa shape index (κ3) is 8.38. The molecule has 0 aliphatic rings. The zero-order valence-corrected chi connectivity index (χ0v) is 9.17. The molecule has 7 nitrogen and oxygen atoms in total. The van der Waals surface area contributed by atoms with E-state index < -0.39 is 20.8 Å². The monoisotopic (exact) mass is 248 g/mol. The summed E-state index contributed by atoms with van der Waals surface area (Å²) in [5.41, 5.74) is 0. The molecule has 9 heteroatoms. The van der Waals surface area contributed by atoms with Crippen molar-refractivity contribution in [3.63, 3.8) is 0 Å². The first-order chi connectivity index (χ1) is 6.27. The van der Waals surface area contributed by atoms with Gasteiger partial charge in [0.25, 0.3) is 0 Å². The van der Waals surface area contributed by atoms with Crippen LogP contribution in [-0.4, -0.2) is 28.0 Å². The molecule has 0 atom stereocenters. The maximum Gasteiger partial charge on any atom is 0.416 e. The summed E-state index contributed by atoms with van der Waals surface area (Å²) >= 11 is 0. The smallest absolute Gasteiger partial charge is 0.263 e. The summed E-state index contributed by atoms with van der Waals surface area (Å²) < 4.78 is 56.7. The minimum absolute atomic E-state index is 0.175. The maximum absolute atomic E-state index is 10.6. The molecule has 0 spiro atoms. The van der Waals surface area contributed by atoms with E-state index in [2.05, 4.69) is 7.81 Å². The molecular weight excluding hydrogens is 236 g/mol. The Morgan fingerprint density at radius 3 is 2.14 bits per heavy atom. The molecule has 0 unspecified atom stereocenters. The molecule has 0 saturated heterocycles. The van der Waals surface area contributed by atoms with Crippen molar-refractivity contribution in [2.45, 2.75) is 26.2 Å². The highest BCUT2D eigenvalue weighted by Crippen LogP contribution is 2.03. The molecule has 0 aromatic rings. The Morgan fingerprint density at radius 1 is 1.14 bits per heavy atom. The second-order valence-electron chi connectivity index (χ2n) is 2.43. The Hall–Kier alpha value is -0.220. The lowest BCUT2D eigenvalue weighted by molar-refractivity contribution is 0.259. The average molecular weight is 248 g/mol. The van der Waals surface area contributed by atoms with Crippen molar-refractivity contribution in [3.8, 4) is 0 Å². The Balaban J connectivity index is 3.98. The fourth-order valence-corrected chi connectivity index (χ4v) is 1.96. The predicted octanol–water partition coefficient (Wildman–Crippen LogP) is 0.257. The van der Waals surface area contributed by atoms with Crippen LogP contribution in [0.4, 0.5) is 0 Å². The van der Waals surface area contributed by atoms with Crippen molar-refractivity contribution < 1.29 is 29.2 Å². The van der Waals surface area contributed by atoms with Crippen molar-refractivity contribution >= 4 is 20.8 Å². The number of rotatable bonds is 7. The van der Waals surface area contributed by atoms with E-state index in [0.29, 0.717) is 6.42 Å². The van der Waals surface area contributed by atoms with Gasteiger partial charge in [-0.05, 0) is 6.42 Å². The quantitative estimate of drug-likeness (QED) is 0.508. The molecule has 0 saturated carbocycles. The van der Waals surface area contributed by atoms with E-state index in [1.807, 2.05) is 6.92 Å². The van der Waals surface area contributed by atoms with Crippen LogP contribution in [0.15, 0.2) is 0 Å². The van der Waals surface area contributed by atoms with Gasteiger partial charge in [-0.2, -0.15) is 16.8 Å². The maximum atomic E-state index is 10.6. The zero-order valence-electron chi connectivity index (χ0n) is 7.54. The minimum Gasteiger partial charge on any atom is -0.263 e. The predicted molar refractivity (Wildman–Crippen MR) is 47.0 cm³/mol. The second-order valence-corrected chi connectivity index (χ2v) is 4.89. The first kappa shape index (κ1) is 13.8. The third-order valence-corrected chi connectivity index (χ3v) is 2.95. The Morgan fingerprint density at radius 2 is 1.71 bits per heavy atom. The van der Waals surface area contributed by atoms with Crippen molar-refractivity contribution in [2.75, 3.05) is 6.61 Å². The molecule has 0 radical (unpaired) electrons. The van der Waals surface area contributed by atoms with Crippen molar-refractivity contribution in [1.29, 1.82) is 0 Å². The largest absolute Gasteiger partial charge is 0.416 e. The van der Waals surface area contributed by atoms with Gasteiger partial charge >= 0.3 is 20.8 Å². The second kappa shape index (κ2) is 5.61. The summed E-state index contributed by atoms with van der Waals surface area (Å²) in [5, 5.41) is 0. The van der Waals surface area contributed by atoms with E-state index in [-0.39, 0.29) is 6.61 Å². The minimum atomic E-state index is -5.04. The van der Waals surface area contributed by atoms with E-state index >= 15 is 0 Å². The normalized spacial score (nSPS) is 13.0. The summed E-state index contributed by atoms with van der Waals surface area (Å²) in [4.78, 5) is 0. The van der Waals surface area contributed by atoms with Crippen LogP contribution < -0.4 is 0 Å². The lowest BCUT2D eigenvalue weighted by Gasteiger charge is -2.02. The molecule has 1 N–H and O–H groups in total. The first-order valence-corrected chi connectivity index (χ1v) is 6.54. The van der Waals surface area contributed by atoms with Crippen molar-refractivity contribution in [1.82, 2.24) is 0 Å². The Bertz CT molecular complexity index is 340. The van der Waals surface area contributed by atoms with Crippen LogP contribution in [-0.2, 0) is 28.6 Å². The first-order valence-electron chi connectivity index (χ1n) is 3.85. The van der Waals surface area contributed by atoms with E-state index in [1.54, 1.807) is 0 Å². The standard InChI is InChI=1S/C5H12O7S2/c1-2-3-4-5-11-14(9,10)12-13(6,7)8/h2-5H2,1H3,(H,6,7,8). The lowest BCUT2D eigenvalue weighted by atomic mass is 10.3. The SMILES string of the molecule is CCCCCOS(=O)(=O)OS(=O)(=O)O. The summed E-state index contributed by atoms with van der Waals surface area (Å²) in [6.45, 7) is 1.73. The van der Waals surface area contributed by atoms with Gasteiger partial charge in [0.2, 0.25) is 0 Å². The van der Waals surface area contributed by atoms with Crippen LogP contribution in [0.5, 0.6) is 0 Å². The van der Waals surface area contributed by atoms with Crippen molar-refractivity contribution in [3.05, 3.63) is 0 Å². The molecular formula is C5H12O7S2. The molecule has 0 aliphatic heterocycles. The number of unbranched alkanes of at least 4 members (excludes halogenated alkanes) is 2. The van der Waals surface area contributed by atoms with Crippen LogP contribution in [0.1, 0.15) is 26.2 Å². The molecule has 0 amide bonds. The van der Waals surface area contributed by atoms with Crippen molar-refractivity contribution in [2.24, 2.45) is 0 Å². The highest BCUT2D eigenvalue weighted by Gasteiger charge is 2.20. The van der Waals surface area contributed by atoms with Gasteiger partial charge < -0.3 is 0 Å². The van der Waals surface area contributed by atoms with Crippen LogP contribution >= 0.6 is 0 Å². The lowest BCUT2D eigenvalue weighted by Crippen LogP contribution is -2.15. The summed E-state index contributed by atoms with van der Waals surface area (Å²) in [6, 6.07) is 0. The summed E-state index contributed by atoms with van der Waals surface area (Å²) in [6.07, 6.45) is 2.08. The van der Waals surface area contributed by atoms with Gasteiger partial charge in [0.15, 0.2) is 0 Å². The molecule has 0 aromatic carbocycles. The molecule has 14 heavy (non-hydrogen) atoms. The molecule has 0 heterocycles. The van der Waals surface area contributed by atoms with Gasteiger partial charge in [0.05, 0.1) is 6.61 Å². The van der Waals surface area contributed by atoms with Crippen LogP contribution in [0.2, 0.25) is 0 Å². The number of hydrogen-bond acceptors (Lipinski definition) is 6. The molecule has 0 aromatic heterocycles. The fraction of sp³-hybridized carbons (Fsp3) is 1.00. The molecule has 0 rings (SSSR count). The molecule has 0 bridgehead atoms. The van der Waals surface area contributed by atoms with Gasteiger partial charge in [-0.25, -0.2) is 4.18 Å². The van der Waals surface area contributed by atoms with Gasteiger partial charge in [0.1, 0.15) is 0 Å². The third-order valence-electron chi connectivity index (χ3n) is 1.14. The average Bonchev–Trinajstić information content (AvgIpc) is 1.93. The topological polar surface area (TPSA) is 107 Å². The zero-order chi connectivity index (χ0) is 11.2. The Kier molecular flexibility index (Phi) is 5.52. The number of hydrogen-bond donors (Lipinski definition) is 1. The van der Waals surface area contributed by atoms with Gasteiger partial charge in [-0.15, -0.1) is 3.63 Å². The van der Waals surface area contributed by atoms with Gasteiger partial charge in [-0.3, -0.25) is 4.55 Å². The molecule has 0 aliphatic carbocycles. The highest BCUT2D eigenvalue weighted by molar-refractivity contribution is 7.94. The van der Waals surface area contributed by atoms with E-state index in [0.717, 1.165) is 12.8 Å². The van der Waals surface area contributed by atoms with Crippen LogP contribution in [0.25, 0.3) is 0 Å². The van der Waals surface area contributed by atoms with Crippen LogP contribution in [0, 0.1) is 0 Å². The van der Waals surface area contributed by atoms with Gasteiger partial charge in [0, 0.05) is 0 Å².